The average Bonchev–Trinajstić information content (AvgIpc) is 3.14. The summed E-state index contributed by atoms with van der Waals surface area (Å²) < 4.78 is 20.0. The van der Waals surface area contributed by atoms with Crippen LogP contribution in [0.5, 0.6) is 5.75 Å². The van der Waals surface area contributed by atoms with E-state index in [9.17, 15) is 4.39 Å². The maximum absolute atomic E-state index is 13.7. The highest BCUT2D eigenvalue weighted by Crippen LogP contribution is 2.30. The van der Waals surface area contributed by atoms with Gasteiger partial charge in [0.1, 0.15) is 11.6 Å². The molecule has 1 saturated carbocycles. The topological polar surface area (TPSA) is 49.9 Å². The number of aryl methyl sites for hydroxylation is 1. The molecule has 1 fully saturated rings. The van der Waals surface area contributed by atoms with E-state index < -0.39 is 0 Å². The zero-order valence-electron chi connectivity index (χ0n) is 15.0. The van der Waals surface area contributed by atoms with Crippen molar-refractivity contribution in [3.8, 4) is 5.75 Å². The van der Waals surface area contributed by atoms with Gasteiger partial charge in [-0.25, -0.2) is 4.39 Å². The van der Waals surface area contributed by atoms with Crippen molar-refractivity contribution in [3.63, 3.8) is 0 Å². The van der Waals surface area contributed by atoms with Crippen molar-refractivity contribution in [1.82, 2.24) is 15.5 Å². The predicted octanol–water partition coefficient (Wildman–Crippen LogP) is 4.49. The van der Waals surface area contributed by atoms with Crippen LogP contribution in [0.25, 0.3) is 10.9 Å². The van der Waals surface area contributed by atoms with Crippen LogP contribution in [-0.4, -0.2) is 22.3 Å². The smallest absolute Gasteiger partial charge is 0.127 e. The van der Waals surface area contributed by atoms with Gasteiger partial charge in [-0.15, -0.1) is 0 Å². The molecule has 0 saturated heterocycles. The number of benzene rings is 2. The molecule has 0 aliphatic heterocycles. The lowest BCUT2D eigenvalue weighted by Gasteiger charge is -2.30. The zero-order valence-corrected chi connectivity index (χ0v) is 15.0. The van der Waals surface area contributed by atoms with E-state index in [2.05, 4.69) is 22.4 Å². The van der Waals surface area contributed by atoms with Crippen LogP contribution in [-0.2, 0) is 6.54 Å². The minimum atomic E-state index is -0.137. The van der Waals surface area contributed by atoms with Gasteiger partial charge in [0, 0.05) is 29.1 Å². The first-order chi connectivity index (χ1) is 12.7. The molecule has 26 heavy (non-hydrogen) atoms. The SMILES string of the molecule is Cc1c(OC2CCC(NCc3ccccc3F)CC2)ccc2[nH]ncc12. The van der Waals surface area contributed by atoms with E-state index in [-0.39, 0.29) is 11.9 Å². The Bertz CT molecular complexity index is 884. The van der Waals surface area contributed by atoms with Gasteiger partial charge in [0.05, 0.1) is 17.8 Å². The van der Waals surface area contributed by atoms with Gasteiger partial charge in [0.25, 0.3) is 0 Å². The molecular formula is C21H24FN3O. The molecule has 4 rings (SSSR count). The van der Waals surface area contributed by atoms with Crippen molar-refractivity contribution in [1.29, 1.82) is 0 Å². The molecule has 4 nitrogen and oxygen atoms in total. The minimum absolute atomic E-state index is 0.137. The fraction of sp³-hybridized carbons (Fsp3) is 0.381. The summed E-state index contributed by atoms with van der Waals surface area (Å²) in [5, 5.41) is 11.7. The second-order valence-corrected chi connectivity index (χ2v) is 7.08. The van der Waals surface area contributed by atoms with Gasteiger partial charge in [-0.05, 0) is 50.8 Å². The van der Waals surface area contributed by atoms with E-state index >= 15 is 0 Å². The summed E-state index contributed by atoms with van der Waals surface area (Å²) in [6.45, 7) is 2.66. The summed E-state index contributed by atoms with van der Waals surface area (Å²) in [6, 6.07) is 11.4. The number of halogens is 1. The third-order valence-electron chi connectivity index (χ3n) is 5.35. The van der Waals surface area contributed by atoms with E-state index in [1.807, 2.05) is 30.5 Å². The highest BCUT2D eigenvalue weighted by molar-refractivity contribution is 5.83. The summed E-state index contributed by atoms with van der Waals surface area (Å²) >= 11 is 0. The monoisotopic (exact) mass is 353 g/mol. The number of ether oxygens (including phenoxy) is 1. The van der Waals surface area contributed by atoms with E-state index in [0.717, 1.165) is 53.5 Å². The zero-order chi connectivity index (χ0) is 17.9. The number of hydrogen-bond acceptors (Lipinski definition) is 3. The standard InChI is InChI=1S/C21H24FN3O/c1-14-18-13-24-25-20(18)10-11-21(14)26-17-8-6-16(7-9-17)23-12-15-4-2-3-5-19(15)22/h2-5,10-11,13,16-17,23H,6-9,12H2,1H3,(H,24,25). The van der Waals surface area contributed by atoms with Crippen LogP contribution in [0.4, 0.5) is 4.39 Å². The Balaban J connectivity index is 1.30. The molecule has 5 heteroatoms. The van der Waals surface area contributed by atoms with Crippen LogP contribution in [0.2, 0.25) is 0 Å². The molecule has 2 aromatic carbocycles. The molecule has 2 N–H and O–H groups in total. The number of nitrogens with one attached hydrogen (secondary N) is 2. The second-order valence-electron chi connectivity index (χ2n) is 7.08. The van der Waals surface area contributed by atoms with Crippen LogP contribution >= 0.6 is 0 Å². The Morgan fingerprint density at radius 2 is 1.96 bits per heavy atom. The van der Waals surface area contributed by atoms with Gasteiger partial charge in [-0.2, -0.15) is 5.10 Å². The molecule has 0 atom stereocenters. The molecule has 1 heterocycles. The molecule has 0 unspecified atom stereocenters. The van der Waals surface area contributed by atoms with Crippen molar-refractivity contribution in [2.75, 3.05) is 0 Å². The Morgan fingerprint density at radius 1 is 1.15 bits per heavy atom. The van der Waals surface area contributed by atoms with Crippen LogP contribution < -0.4 is 10.1 Å². The summed E-state index contributed by atoms with van der Waals surface area (Å²) in [4.78, 5) is 0. The molecule has 3 aromatic rings. The lowest BCUT2D eigenvalue weighted by molar-refractivity contribution is 0.138. The molecule has 1 aromatic heterocycles. The number of fused-ring (bicyclic) bond motifs is 1. The van der Waals surface area contributed by atoms with Gasteiger partial charge in [0.15, 0.2) is 0 Å². The Kier molecular flexibility index (Phi) is 4.89. The molecular weight excluding hydrogens is 329 g/mol. The molecule has 0 radical (unpaired) electrons. The highest BCUT2D eigenvalue weighted by Gasteiger charge is 2.23. The molecule has 0 spiro atoms. The average molecular weight is 353 g/mol. The lowest BCUT2D eigenvalue weighted by Crippen LogP contribution is -2.36. The third kappa shape index (κ3) is 3.58. The van der Waals surface area contributed by atoms with Crippen molar-refractivity contribution < 1.29 is 9.13 Å². The molecule has 136 valence electrons. The summed E-state index contributed by atoms with van der Waals surface area (Å²) in [5.41, 5.74) is 2.90. The van der Waals surface area contributed by atoms with E-state index in [4.69, 9.17) is 4.74 Å². The molecule has 1 aliphatic carbocycles. The third-order valence-corrected chi connectivity index (χ3v) is 5.35. The van der Waals surface area contributed by atoms with Crippen LogP contribution in [0.1, 0.15) is 36.8 Å². The van der Waals surface area contributed by atoms with Crippen LogP contribution in [0.3, 0.4) is 0 Å². The van der Waals surface area contributed by atoms with Crippen molar-refractivity contribution >= 4 is 10.9 Å². The predicted molar refractivity (Wildman–Crippen MR) is 101 cm³/mol. The largest absolute Gasteiger partial charge is 0.490 e. The van der Waals surface area contributed by atoms with Crippen molar-refractivity contribution in [3.05, 3.63) is 59.5 Å². The lowest BCUT2D eigenvalue weighted by atomic mass is 9.92. The highest BCUT2D eigenvalue weighted by atomic mass is 19.1. The second kappa shape index (κ2) is 7.46. The first-order valence-corrected chi connectivity index (χ1v) is 9.27. The molecule has 0 bridgehead atoms. The van der Waals surface area contributed by atoms with Crippen LogP contribution in [0.15, 0.2) is 42.6 Å². The molecule has 1 aliphatic rings. The van der Waals surface area contributed by atoms with Gasteiger partial charge in [-0.3, -0.25) is 5.10 Å². The Hall–Kier alpha value is -2.40. The fourth-order valence-corrected chi connectivity index (χ4v) is 3.73. The quantitative estimate of drug-likeness (QED) is 0.710. The summed E-state index contributed by atoms with van der Waals surface area (Å²) in [7, 11) is 0. The number of H-pyrrole nitrogens is 1. The van der Waals surface area contributed by atoms with Crippen molar-refractivity contribution in [2.24, 2.45) is 0 Å². The number of aromatic amines is 1. The normalized spacial score (nSPS) is 20.4. The van der Waals surface area contributed by atoms with Gasteiger partial charge < -0.3 is 10.1 Å². The number of aromatic nitrogens is 2. The Morgan fingerprint density at radius 3 is 2.77 bits per heavy atom. The van der Waals surface area contributed by atoms with Gasteiger partial charge in [0.2, 0.25) is 0 Å². The first kappa shape index (κ1) is 17.0. The minimum Gasteiger partial charge on any atom is -0.490 e. The molecule has 0 amide bonds. The van der Waals surface area contributed by atoms with Crippen molar-refractivity contribution in [2.45, 2.75) is 51.3 Å². The first-order valence-electron chi connectivity index (χ1n) is 9.27. The Labute approximate surface area is 152 Å². The maximum atomic E-state index is 13.7. The maximum Gasteiger partial charge on any atom is 0.127 e. The number of hydrogen-bond donors (Lipinski definition) is 2. The number of nitrogens with zero attached hydrogens (tertiary/aromatic N) is 1. The summed E-state index contributed by atoms with van der Waals surface area (Å²) in [6.07, 6.45) is 6.21. The van der Waals surface area contributed by atoms with Crippen LogP contribution in [0, 0.1) is 12.7 Å². The summed E-state index contributed by atoms with van der Waals surface area (Å²) in [5.74, 6) is 0.809. The van der Waals surface area contributed by atoms with E-state index in [1.165, 1.54) is 6.07 Å². The number of rotatable bonds is 5. The van der Waals surface area contributed by atoms with E-state index in [1.54, 1.807) is 6.07 Å². The van der Waals surface area contributed by atoms with E-state index in [0.29, 0.717) is 12.6 Å². The fourth-order valence-electron chi connectivity index (χ4n) is 3.73. The van der Waals surface area contributed by atoms with Gasteiger partial charge in [-0.1, -0.05) is 18.2 Å². The van der Waals surface area contributed by atoms with Gasteiger partial charge >= 0.3 is 0 Å².